The number of nitriles is 1. The average Bonchev–Trinajstić information content (AvgIpc) is 3.32. The topological polar surface area (TPSA) is 120 Å². The normalized spacial score (nSPS) is 16.7. The van der Waals surface area contributed by atoms with Gasteiger partial charge in [0.15, 0.2) is 17.4 Å². The van der Waals surface area contributed by atoms with Gasteiger partial charge in [-0.3, -0.25) is 0 Å². The molecule has 200 valence electrons. The van der Waals surface area contributed by atoms with Crippen LogP contribution >= 0.6 is 0 Å². The summed E-state index contributed by atoms with van der Waals surface area (Å²) in [6, 6.07) is 16.8. The first kappa shape index (κ1) is 26.5. The van der Waals surface area contributed by atoms with E-state index in [9.17, 15) is 5.26 Å². The number of aliphatic imine (C=N–C) groups is 1. The van der Waals surface area contributed by atoms with E-state index in [4.69, 9.17) is 9.47 Å². The standard InChI is InChI=1S/C30H28N8O2/c1-3-6-28(40-26-10-5-7-22(16-26)17-31)35-30-21(2)36-37-38(30)20-23-8-4-9-24(15-23)29-33-18-27(19-34-29)39-25-11-13-32-14-12-25/h3-10,15-16,18-19,25,32H,1-2,11-14,20H2/b28-6+,35-30?. The highest BCUT2D eigenvalue weighted by Gasteiger charge is 2.22. The average molecular weight is 533 g/mol. The molecule has 3 aromatic rings. The number of amidine groups is 1. The summed E-state index contributed by atoms with van der Waals surface area (Å²) in [5.41, 5.74) is 2.70. The number of piperidine rings is 1. The Labute approximate surface area is 232 Å². The largest absolute Gasteiger partial charge is 0.487 e. The fourth-order valence-corrected chi connectivity index (χ4v) is 4.24. The van der Waals surface area contributed by atoms with Crippen LogP contribution in [0.1, 0.15) is 24.0 Å². The summed E-state index contributed by atoms with van der Waals surface area (Å²) in [7, 11) is 0. The summed E-state index contributed by atoms with van der Waals surface area (Å²) in [6.07, 6.45) is 8.76. The molecule has 2 aliphatic heterocycles. The molecule has 0 bridgehead atoms. The zero-order chi connectivity index (χ0) is 27.7. The van der Waals surface area contributed by atoms with Crippen LogP contribution in [-0.4, -0.2) is 40.0 Å². The number of hydrogen-bond donors (Lipinski definition) is 1. The molecule has 3 heterocycles. The lowest BCUT2D eigenvalue weighted by Gasteiger charge is -2.23. The van der Waals surface area contributed by atoms with Crippen LogP contribution in [0, 0.1) is 11.3 Å². The maximum atomic E-state index is 9.18. The van der Waals surface area contributed by atoms with E-state index in [2.05, 4.69) is 49.8 Å². The molecule has 0 saturated carbocycles. The van der Waals surface area contributed by atoms with Gasteiger partial charge in [0.25, 0.3) is 0 Å². The molecule has 0 radical (unpaired) electrons. The van der Waals surface area contributed by atoms with Gasteiger partial charge in [0, 0.05) is 11.6 Å². The predicted octanol–water partition coefficient (Wildman–Crippen LogP) is 5.35. The molecule has 5 rings (SSSR count). The zero-order valence-electron chi connectivity index (χ0n) is 21.9. The molecule has 1 N–H and O–H groups in total. The van der Waals surface area contributed by atoms with E-state index in [-0.39, 0.29) is 12.0 Å². The van der Waals surface area contributed by atoms with Crippen molar-refractivity contribution in [3.8, 4) is 29.0 Å². The van der Waals surface area contributed by atoms with Crippen molar-refractivity contribution < 1.29 is 9.47 Å². The van der Waals surface area contributed by atoms with Gasteiger partial charge in [-0.1, -0.05) is 48.7 Å². The lowest BCUT2D eigenvalue weighted by atomic mass is 10.1. The molecule has 0 unspecified atom stereocenters. The molecule has 0 aliphatic carbocycles. The van der Waals surface area contributed by atoms with E-state index in [0.29, 0.717) is 41.0 Å². The van der Waals surface area contributed by atoms with Gasteiger partial charge in [0.1, 0.15) is 17.6 Å². The SMILES string of the molecule is C=C/C=C(\N=C1C(=C)N=NN1Cc1cccc(-c2ncc(OC3CCNCC3)cn2)c1)Oc1cccc(C#N)c1. The molecule has 40 heavy (non-hydrogen) atoms. The van der Waals surface area contributed by atoms with Crippen LogP contribution in [-0.2, 0) is 6.54 Å². The van der Waals surface area contributed by atoms with Crippen molar-refractivity contribution in [3.63, 3.8) is 0 Å². The van der Waals surface area contributed by atoms with Gasteiger partial charge in [-0.25, -0.2) is 15.0 Å². The van der Waals surface area contributed by atoms with Crippen molar-refractivity contribution in [2.24, 2.45) is 15.3 Å². The number of hydrogen-bond acceptors (Lipinski definition) is 9. The molecule has 1 fully saturated rings. The second kappa shape index (κ2) is 12.6. The van der Waals surface area contributed by atoms with Gasteiger partial charge in [-0.05, 0) is 55.8 Å². The molecule has 0 amide bonds. The van der Waals surface area contributed by atoms with Crippen molar-refractivity contribution in [2.45, 2.75) is 25.5 Å². The first-order chi connectivity index (χ1) is 19.6. The van der Waals surface area contributed by atoms with E-state index in [1.54, 1.807) is 53.8 Å². The Kier molecular flexibility index (Phi) is 8.34. The lowest BCUT2D eigenvalue weighted by Crippen LogP contribution is -2.34. The minimum atomic E-state index is 0.189. The third kappa shape index (κ3) is 6.64. The van der Waals surface area contributed by atoms with Crippen LogP contribution in [0.25, 0.3) is 11.4 Å². The highest BCUT2D eigenvalue weighted by atomic mass is 16.5. The van der Waals surface area contributed by atoms with Crippen molar-refractivity contribution in [1.29, 1.82) is 5.26 Å². The summed E-state index contributed by atoms with van der Waals surface area (Å²) < 4.78 is 11.9. The van der Waals surface area contributed by atoms with Gasteiger partial charge in [0.2, 0.25) is 5.88 Å². The fraction of sp³-hybridized carbons (Fsp3) is 0.200. The lowest BCUT2D eigenvalue weighted by molar-refractivity contribution is 0.161. The van der Waals surface area contributed by atoms with Gasteiger partial charge < -0.3 is 14.8 Å². The predicted molar refractivity (Wildman–Crippen MR) is 151 cm³/mol. The first-order valence-corrected chi connectivity index (χ1v) is 12.9. The van der Waals surface area contributed by atoms with E-state index in [0.717, 1.165) is 37.1 Å². The second-order valence-corrected chi connectivity index (χ2v) is 9.12. The monoisotopic (exact) mass is 532 g/mol. The van der Waals surface area contributed by atoms with Crippen LogP contribution in [0.3, 0.4) is 0 Å². The number of aromatic nitrogens is 2. The molecule has 2 aromatic carbocycles. The number of allylic oxidation sites excluding steroid dienone is 2. The Morgan fingerprint density at radius 3 is 2.70 bits per heavy atom. The van der Waals surface area contributed by atoms with Gasteiger partial charge in [-0.15, -0.1) is 5.11 Å². The third-order valence-corrected chi connectivity index (χ3v) is 6.17. The Morgan fingerprint density at radius 1 is 1.12 bits per heavy atom. The van der Waals surface area contributed by atoms with E-state index in [1.807, 2.05) is 24.3 Å². The smallest absolute Gasteiger partial charge is 0.221 e. The number of ether oxygens (including phenoxy) is 2. The zero-order valence-corrected chi connectivity index (χ0v) is 21.9. The van der Waals surface area contributed by atoms with Gasteiger partial charge in [-0.2, -0.15) is 10.3 Å². The number of benzene rings is 2. The minimum absolute atomic E-state index is 0.189. The first-order valence-electron chi connectivity index (χ1n) is 12.9. The number of rotatable bonds is 9. The molecular formula is C30H28N8O2. The molecule has 0 atom stereocenters. The number of nitrogens with zero attached hydrogens (tertiary/aromatic N) is 7. The molecule has 10 nitrogen and oxygen atoms in total. The molecule has 10 heteroatoms. The quantitative estimate of drug-likeness (QED) is 0.291. The molecular weight excluding hydrogens is 504 g/mol. The Morgan fingerprint density at radius 2 is 1.93 bits per heavy atom. The highest BCUT2D eigenvalue weighted by molar-refractivity contribution is 5.98. The van der Waals surface area contributed by atoms with Crippen LogP contribution in [0.5, 0.6) is 11.5 Å². The Hall–Kier alpha value is -5.14. The number of nitrogens with one attached hydrogen (secondary N) is 1. The van der Waals surface area contributed by atoms with Crippen molar-refractivity contribution >= 4 is 5.84 Å². The fourth-order valence-electron chi connectivity index (χ4n) is 4.24. The second-order valence-electron chi connectivity index (χ2n) is 9.12. The van der Waals surface area contributed by atoms with Gasteiger partial charge in [0.05, 0.1) is 30.6 Å². The molecule has 1 aromatic heterocycles. The van der Waals surface area contributed by atoms with Crippen LogP contribution in [0.2, 0.25) is 0 Å². The summed E-state index contributed by atoms with van der Waals surface area (Å²) in [5, 5.41) is 22.5. The van der Waals surface area contributed by atoms with E-state index in [1.165, 1.54) is 0 Å². The van der Waals surface area contributed by atoms with Crippen molar-refractivity contribution in [3.05, 3.63) is 109 Å². The highest BCUT2D eigenvalue weighted by Crippen LogP contribution is 2.24. The van der Waals surface area contributed by atoms with Crippen LogP contribution in [0.4, 0.5) is 0 Å². The maximum Gasteiger partial charge on any atom is 0.221 e. The summed E-state index contributed by atoms with van der Waals surface area (Å²) >= 11 is 0. The summed E-state index contributed by atoms with van der Waals surface area (Å²) in [6.45, 7) is 10.0. The Balaban J connectivity index is 1.30. The minimum Gasteiger partial charge on any atom is -0.487 e. The van der Waals surface area contributed by atoms with Gasteiger partial charge >= 0.3 is 0 Å². The molecule has 2 aliphatic rings. The van der Waals surface area contributed by atoms with Crippen LogP contribution < -0.4 is 14.8 Å². The Bertz CT molecular complexity index is 1520. The van der Waals surface area contributed by atoms with Crippen LogP contribution in [0.15, 0.2) is 113 Å². The van der Waals surface area contributed by atoms with Crippen molar-refractivity contribution in [1.82, 2.24) is 20.3 Å². The van der Waals surface area contributed by atoms with Crippen molar-refractivity contribution in [2.75, 3.05) is 13.1 Å². The van der Waals surface area contributed by atoms with E-state index < -0.39 is 0 Å². The summed E-state index contributed by atoms with van der Waals surface area (Å²) in [5.74, 6) is 2.44. The molecule has 1 saturated heterocycles. The maximum absolute atomic E-state index is 9.18. The molecule has 0 spiro atoms. The third-order valence-electron chi connectivity index (χ3n) is 6.17. The summed E-state index contributed by atoms with van der Waals surface area (Å²) in [4.78, 5) is 13.7. The van der Waals surface area contributed by atoms with E-state index >= 15 is 0 Å².